The van der Waals surface area contributed by atoms with E-state index in [4.69, 9.17) is 15.2 Å². The lowest BCUT2D eigenvalue weighted by molar-refractivity contribution is -0.144. The van der Waals surface area contributed by atoms with Gasteiger partial charge < -0.3 is 15.2 Å². The fourth-order valence-corrected chi connectivity index (χ4v) is 2.83. The van der Waals surface area contributed by atoms with Gasteiger partial charge in [0.15, 0.2) is 0 Å². The Morgan fingerprint density at radius 3 is 2.30 bits per heavy atom. The third-order valence-electron chi connectivity index (χ3n) is 4.12. The summed E-state index contributed by atoms with van der Waals surface area (Å²) in [6.45, 7) is 2.11. The Hall–Kier alpha value is -3.11. The monoisotopic (exact) mass is 361 g/mol. The molecule has 4 nitrogen and oxygen atoms in total. The molecule has 1 atom stereocenters. The number of rotatable bonds is 7. The summed E-state index contributed by atoms with van der Waals surface area (Å²) >= 11 is 0. The van der Waals surface area contributed by atoms with E-state index in [2.05, 4.69) is 0 Å². The number of nitrogens with two attached hydrogens (primary N) is 1. The first-order valence-corrected chi connectivity index (χ1v) is 9.00. The Kier molecular flexibility index (Phi) is 6.23. The second kappa shape index (κ2) is 9.01. The minimum absolute atomic E-state index is 0.334. The van der Waals surface area contributed by atoms with Crippen molar-refractivity contribution in [2.75, 3.05) is 6.61 Å². The Bertz CT molecular complexity index is 893. The molecule has 0 bridgehead atoms. The molecule has 3 aromatic carbocycles. The molecular formula is C23H23NO3. The second-order valence-corrected chi connectivity index (χ2v) is 6.21. The lowest BCUT2D eigenvalue weighted by Gasteiger charge is -2.12. The lowest BCUT2D eigenvalue weighted by Crippen LogP contribution is -2.34. The number of carbonyl (C=O) groups is 1. The maximum Gasteiger partial charge on any atom is 0.323 e. The number of para-hydroxylation sites is 1. The van der Waals surface area contributed by atoms with Gasteiger partial charge in [-0.2, -0.15) is 0 Å². The van der Waals surface area contributed by atoms with E-state index in [1.807, 2.05) is 78.9 Å². The van der Waals surface area contributed by atoms with Crippen LogP contribution in [0.25, 0.3) is 11.1 Å². The molecule has 2 N–H and O–H groups in total. The summed E-state index contributed by atoms with van der Waals surface area (Å²) in [6, 6.07) is 24.9. The fourth-order valence-electron chi connectivity index (χ4n) is 2.83. The van der Waals surface area contributed by atoms with Gasteiger partial charge in [-0.1, -0.05) is 54.6 Å². The van der Waals surface area contributed by atoms with Crippen LogP contribution in [0.5, 0.6) is 11.5 Å². The van der Waals surface area contributed by atoms with Crippen LogP contribution in [0.4, 0.5) is 0 Å². The number of ether oxygens (including phenoxy) is 2. The highest BCUT2D eigenvalue weighted by Crippen LogP contribution is 2.28. The summed E-state index contributed by atoms with van der Waals surface area (Å²) in [4.78, 5) is 11.8. The van der Waals surface area contributed by atoms with Crippen molar-refractivity contribution in [2.45, 2.75) is 19.4 Å². The van der Waals surface area contributed by atoms with Crippen LogP contribution in [0, 0.1) is 0 Å². The van der Waals surface area contributed by atoms with Crippen molar-refractivity contribution >= 4 is 5.97 Å². The van der Waals surface area contributed by atoms with Crippen molar-refractivity contribution in [1.82, 2.24) is 0 Å². The molecule has 0 fully saturated rings. The van der Waals surface area contributed by atoms with Crippen LogP contribution < -0.4 is 10.5 Å². The summed E-state index contributed by atoms with van der Waals surface area (Å²) < 4.78 is 10.9. The molecule has 27 heavy (non-hydrogen) atoms. The van der Waals surface area contributed by atoms with Crippen LogP contribution in [0.15, 0.2) is 78.9 Å². The van der Waals surface area contributed by atoms with Gasteiger partial charge in [-0.05, 0) is 54.3 Å². The lowest BCUT2D eigenvalue weighted by atomic mass is 9.99. The predicted molar refractivity (Wildman–Crippen MR) is 107 cm³/mol. The van der Waals surface area contributed by atoms with Gasteiger partial charge in [0, 0.05) is 0 Å². The average Bonchev–Trinajstić information content (AvgIpc) is 2.69. The smallest absolute Gasteiger partial charge is 0.323 e. The fraction of sp³-hybridized carbons (Fsp3) is 0.174. The highest BCUT2D eigenvalue weighted by molar-refractivity contribution is 5.76. The molecule has 0 aliphatic rings. The molecule has 0 radical (unpaired) electrons. The highest BCUT2D eigenvalue weighted by Gasteiger charge is 2.15. The van der Waals surface area contributed by atoms with E-state index in [-0.39, 0.29) is 5.97 Å². The van der Waals surface area contributed by atoms with E-state index < -0.39 is 6.04 Å². The molecule has 0 saturated carbocycles. The van der Waals surface area contributed by atoms with E-state index in [9.17, 15) is 4.79 Å². The SMILES string of the molecule is CCOC(=O)[C@H](N)Cc1cccc(-c2cccc(Oc3ccccc3)c2)c1. The first-order valence-electron chi connectivity index (χ1n) is 9.00. The Balaban J connectivity index is 1.76. The zero-order chi connectivity index (χ0) is 19.1. The molecule has 0 spiro atoms. The third kappa shape index (κ3) is 5.19. The summed E-state index contributed by atoms with van der Waals surface area (Å²) in [5.74, 6) is 1.19. The predicted octanol–water partition coefficient (Wildman–Crippen LogP) is 4.58. The van der Waals surface area contributed by atoms with Gasteiger partial charge in [-0.3, -0.25) is 4.79 Å². The van der Waals surface area contributed by atoms with Crippen molar-refractivity contribution in [2.24, 2.45) is 5.73 Å². The maximum atomic E-state index is 11.8. The van der Waals surface area contributed by atoms with Crippen molar-refractivity contribution in [3.63, 3.8) is 0 Å². The zero-order valence-corrected chi connectivity index (χ0v) is 15.3. The molecule has 0 unspecified atom stereocenters. The van der Waals surface area contributed by atoms with Crippen molar-refractivity contribution in [3.05, 3.63) is 84.4 Å². The van der Waals surface area contributed by atoms with Crippen molar-refractivity contribution in [1.29, 1.82) is 0 Å². The number of hydrogen-bond donors (Lipinski definition) is 1. The van der Waals surface area contributed by atoms with Gasteiger partial charge in [0.25, 0.3) is 0 Å². The highest BCUT2D eigenvalue weighted by atomic mass is 16.5. The molecule has 3 rings (SSSR count). The standard InChI is InChI=1S/C23H23NO3/c1-2-26-23(25)22(24)15-17-8-6-9-18(14-17)19-10-7-13-21(16-19)27-20-11-4-3-5-12-20/h3-14,16,22H,2,15,24H2,1H3/t22-/m1/s1. The number of esters is 1. The largest absolute Gasteiger partial charge is 0.465 e. The van der Waals surface area contributed by atoms with E-state index in [0.717, 1.165) is 28.2 Å². The number of benzene rings is 3. The summed E-state index contributed by atoms with van der Waals surface area (Å²) in [6.07, 6.45) is 0.437. The van der Waals surface area contributed by atoms with Gasteiger partial charge in [-0.15, -0.1) is 0 Å². The molecule has 0 amide bonds. The molecule has 3 aromatic rings. The normalized spacial score (nSPS) is 11.6. The van der Waals surface area contributed by atoms with Crippen LogP contribution in [-0.4, -0.2) is 18.6 Å². The Morgan fingerprint density at radius 2 is 1.56 bits per heavy atom. The van der Waals surface area contributed by atoms with Crippen molar-refractivity contribution < 1.29 is 14.3 Å². The summed E-state index contributed by atoms with van der Waals surface area (Å²) in [7, 11) is 0. The van der Waals surface area contributed by atoms with Crippen LogP contribution in [-0.2, 0) is 16.0 Å². The second-order valence-electron chi connectivity index (χ2n) is 6.21. The molecule has 4 heteroatoms. The minimum Gasteiger partial charge on any atom is -0.465 e. The molecule has 0 aliphatic heterocycles. The topological polar surface area (TPSA) is 61.5 Å². The van der Waals surface area contributed by atoms with E-state index in [1.54, 1.807) is 6.92 Å². The molecule has 0 saturated heterocycles. The Morgan fingerprint density at radius 1 is 0.889 bits per heavy atom. The summed E-state index contributed by atoms with van der Waals surface area (Å²) in [5, 5.41) is 0. The van der Waals surface area contributed by atoms with Gasteiger partial charge in [0.2, 0.25) is 0 Å². The van der Waals surface area contributed by atoms with Crippen LogP contribution >= 0.6 is 0 Å². The van der Waals surface area contributed by atoms with Crippen molar-refractivity contribution in [3.8, 4) is 22.6 Å². The van der Waals surface area contributed by atoms with E-state index >= 15 is 0 Å². The van der Waals surface area contributed by atoms with Crippen LogP contribution in [0.2, 0.25) is 0 Å². The molecule has 0 aromatic heterocycles. The van der Waals surface area contributed by atoms with Gasteiger partial charge in [-0.25, -0.2) is 0 Å². The maximum absolute atomic E-state index is 11.8. The first-order chi connectivity index (χ1) is 13.2. The number of carbonyl (C=O) groups excluding carboxylic acids is 1. The molecule has 0 heterocycles. The quantitative estimate of drug-likeness (QED) is 0.626. The molecule has 0 aliphatic carbocycles. The third-order valence-corrected chi connectivity index (χ3v) is 4.12. The summed E-state index contributed by atoms with van der Waals surface area (Å²) in [5.41, 5.74) is 9.01. The Labute approximate surface area is 159 Å². The van der Waals surface area contributed by atoms with Gasteiger partial charge in [0.1, 0.15) is 17.5 Å². The van der Waals surface area contributed by atoms with Crippen LogP contribution in [0.1, 0.15) is 12.5 Å². The number of hydrogen-bond acceptors (Lipinski definition) is 4. The first kappa shape index (κ1) is 18.7. The molecule has 138 valence electrons. The zero-order valence-electron chi connectivity index (χ0n) is 15.3. The van der Waals surface area contributed by atoms with Gasteiger partial charge in [0.05, 0.1) is 6.61 Å². The van der Waals surface area contributed by atoms with E-state index in [0.29, 0.717) is 13.0 Å². The molecular weight excluding hydrogens is 338 g/mol. The minimum atomic E-state index is -0.659. The van der Waals surface area contributed by atoms with E-state index in [1.165, 1.54) is 0 Å². The van der Waals surface area contributed by atoms with Gasteiger partial charge >= 0.3 is 5.97 Å². The van der Waals surface area contributed by atoms with Crippen LogP contribution in [0.3, 0.4) is 0 Å². The average molecular weight is 361 g/mol.